The molecule has 0 aromatic rings. The summed E-state index contributed by atoms with van der Waals surface area (Å²) in [6, 6.07) is 0. The van der Waals surface area contributed by atoms with Crippen LogP contribution in [-0.2, 0) is 9.59 Å². The third-order valence-electron chi connectivity index (χ3n) is 8.78. The minimum absolute atomic E-state index is 0.0220. The quantitative estimate of drug-likeness (QED) is 0.712. The number of Topliss-reactive ketones (excluding diaryl/α,β-unsaturated/α-hetero) is 1. The monoisotopic (exact) mass is 345 g/mol. The molecular formula is C22H31FO2. The molecule has 25 heavy (non-hydrogen) atoms. The SMILES string of the molecule is C[C@@H]1CC2C3CCC4=CC(=O)CC[C@]4(C)C3CC[C@]2(C)C1C(=O)C[18F]. The predicted octanol–water partition coefficient (Wildman–Crippen LogP) is 4.92. The molecule has 3 fully saturated rings. The van der Waals surface area contributed by atoms with Crippen molar-refractivity contribution in [3.05, 3.63) is 11.6 Å². The van der Waals surface area contributed by atoms with Gasteiger partial charge in [0.25, 0.3) is 0 Å². The van der Waals surface area contributed by atoms with E-state index >= 15 is 0 Å². The fourth-order valence-electron chi connectivity index (χ4n) is 7.69. The summed E-state index contributed by atoms with van der Waals surface area (Å²) in [4.78, 5) is 24.2. The number of carbonyl (C=O) groups is 2. The zero-order chi connectivity index (χ0) is 18.0. The minimum Gasteiger partial charge on any atom is -0.296 e. The number of fused-ring (bicyclic) bond motifs is 5. The molecule has 3 heteroatoms. The zero-order valence-corrected chi connectivity index (χ0v) is 15.8. The van der Waals surface area contributed by atoms with E-state index in [1.165, 1.54) is 5.57 Å². The van der Waals surface area contributed by atoms with Gasteiger partial charge in [-0.25, -0.2) is 4.39 Å². The van der Waals surface area contributed by atoms with Crippen LogP contribution < -0.4 is 0 Å². The van der Waals surface area contributed by atoms with Crippen molar-refractivity contribution in [2.24, 2.45) is 40.4 Å². The first kappa shape index (κ1) is 17.4. The van der Waals surface area contributed by atoms with Crippen LogP contribution in [0.5, 0.6) is 0 Å². The third-order valence-corrected chi connectivity index (χ3v) is 8.78. The lowest BCUT2D eigenvalue weighted by Gasteiger charge is -2.58. The van der Waals surface area contributed by atoms with Gasteiger partial charge in [-0.3, -0.25) is 9.59 Å². The van der Waals surface area contributed by atoms with Gasteiger partial charge < -0.3 is 0 Å². The van der Waals surface area contributed by atoms with Crippen molar-refractivity contribution < 1.29 is 14.0 Å². The first-order valence-electron chi connectivity index (χ1n) is 10.1. The second-order valence-electron chi connectivity index (χ2n) is 9.80. The first-order chi connectivity index (χ1) is 11.8. The summed E-state index contributed by atoms with van der Waals surface area (Å²) in [5.74, 6) is 2.14. The Morgan fingerprint density at radius 1 is 1.20 bits per heavy atom. The summed E-state index contributed by atoms with van der Waals surface area (Å²) in [6.07, 6.45) is 9.03. The molecule has 0 aromatic heterocycles. The van der Waals surface area contributed by atoms with E-state index in [2.05, 4.69) is 20.8 Å². The van der Waals surface area contributed by atoms with E-state index in [-0.39, 0.29) is 22.5 Å². The Balaban J connectivity index is 1.67. The van der Waals surface area contributed by atoms with Crippen LogP contribution >= 0.6 is 0 Å². The van der Waals surface area contributed by atoms with Gasteiger partial charge in [0.2, 0.25) is 0 Å². The number of carbonyl (C=O) groups excluding carboxylic acids is 2. The third kappa shape index (κ3) is 2.33. The Morgan fingerprint density at radius 2 is 1.96 bits per heavy atom. The average molecular weight is 345 g/mol. The maximum atomic E-state index is 13.2. The van der Waals surface area contributed by atoms with E-state index in [1.807, 2.05) is 6.08 Å². The molecule has 0 amide bonds. The molecule has 0 spiro atoms. The van der Waals surface area contributed by atoms with Crippen LogP contribution in [0.2, 0.25) is 0 Å². The van der Waals surface area contributed by atoms with Crippen LogP contribution in [0.1, 0.15) is 65.7 Å². The van der Waals surface area contributed by atoms with Crippen molar-refractivity contribution in [1.82, 2.24) is 0 Å². The highest BCUT2D eigenvalue weighted by Gasteiger charge is 2.61. The molecule has 0 aliphatic heterocycles. The van der Waals surface area contributed by atoms with Gasteiger partial charge in [-0.05, 0) is 79.1 Å². The maximum absolute atomic E-state index is 13.2. The molecule has 138 valence electrons. The van der Waals surface area contributed by atoms with Crippen molar-refractivity contribution in [3.8, 4) is 0 Å². The van der Waals surface area contributed by atoms with Gasteiger partial charge >= 0.3 is 0 Å². The van der Waals surface area contributed by atoms with Gasteiger partial charge in [-0.15, -0.1) is 0 Å². The van der Waals surface area contributed by atoms with Gasteiger partial charge in [0.05, 0.1) is 0 Å². The average Bonchev–Trinajstić information content (AvgIpc) is 2.85. The van der Waals surface area contributed by atoms with Crippen LogP contribution in [0.3, 0.4) is 0 Å². The zero-order valence-electron chi connectivity index (χ0n) is 15.8. The number of allylic oxidation sites excluding steroid dienone is 1. The molecule has 2 nitrogen and oxygen atoms in total. The molecule has 7 atom stereocenters. The Hall–Kier alpha value is -0.990. The summed E-state index contributed by atoms with van der Waals surface area (Å²) in [6.45, 7) is 6.01. The number of alkyl halides is 1. The Kier molecular flexibility index (Phi) is 4.01. The molecule has 0 aromatic carbocycles. The second-order valence-corrected chi connectivity index (χ2v) is 9.80. The molecule has 0 saturated heterocycles. The molecule has 3 saturated carbocycles. The summed E-state index contributed by atoms with van der Waals surface area (Å²) < 4.78 is 13.2. The Morgan fingerprint density at radius 3 is 2.68 bits per heavy atom. The normalized spacial score (nSPS) is 49.0. The Bertz CT molecular complexity index is 638. The lowest BCUT2D eigenvalue weighted by molar-refractivity contribution is -0.132. The molecule has 0 heterocycles. The van der Waals surface area contributed by atoms with Crippen LogP contribution in [0.25, 0.3) is 0 Å². The lowest BCUT2D eigenvalue weighted by Crippen LogP contribution is -2.51. The molecule has 0 N–H and O–H groups in total. The van der Waals surface area contributed by atoms with E-state index in [0.717, 1.165) is 38.5 Å². The molecular weight excluding hydrogens is 314 g/mol. The van der Waals surface area contributed by atoms with Crippen LogP contribution in [0.15, 0.2) is 11.6 Å². The second kappa shape index (κ2) is 5.76. The highest BCUT2D eigenvalue weighted by atomic mass is 18.2. The predicted molar refractivity (Wildman–Crippen MR) is 95.7 cm³/mol. The number of ketones is 2. The number of hydrogen-bond donors (Lipinski definition) is 0. The van der Waals surface area contributed by atoms with E-state index in [4.69, 9.17) is 0 Å². The summed E-state index contributed by atoms with van der Waals surface area (Å²) in [5, 5.41) is 0. The van der Waals surface area contributed by atoms with Crippen molar-refractivity contribution in [1.29, 1.82) is 0 Å². The van der Waals surface area contributed by atoms with E-state index in [0.29, 0.717) is 35.9 Å². The molecule has 4 rings (SSSR count). The van der Waals surface area contributed by atoms with E-state index in [1.54, 1.807) is 0 Å². The standard InChI is InChI=1S/C22H31FO2/c1-13-10-18-16-5-4-14-11-15(24)6-8-21(14,2)17(16)7-9-22(18,3)20(13)19(25)12-23/h11,13,16-18,20H,4-10,12H2,1-3H3/t13-,16?,17?,18?,20?,21+,22+/m1/s1/i23-1. The molecule has 0 radical (unpaired) electrons. The number of hydrogen-bond acceptors (Lipinski definition) is 2. The fraction of sp³-hybridized carbons (Fsp3) is 0.818. The summed E-state index contributed by atoms with van der Waals surface area (Å²) in [5.41, 5.74) is 1.53. The molecule has 0 bridgehead atoms. The highest BCUT2D eigenvalue weighted by Crippen LogP contribution is 2.67. The fourth-order valence-corrected chi connectivity index (χ4v) is 7.69. The maximum Gasteiger partial charge on any atom is 0.167 e. The lowest BCUT2D eigenvalue weighted by atomic mass is 9.46. The smallest absolute Gasteiger partial charge is 0.167 e. The number of rotatable bonds is 2. The van der Waals surface area contributed by atoms with Crippen molar-refractivity contribution >= 4 is 11.6 Å². The topological polar surface area (TPSA) is 34.1 Å². The van der Waals surface area contributed by atoms with Crippen LogP contribution in [0.4, 0.5) is 4.39 Å². The van der Waals surface area contributed by atoms with Crippen molar-refractivity contribution in [3.63, 3.8) is 0 Å². The van der Waals surface area contributed by atoms with Gasteiger partial charge in [0.15, 0.2) is 11.6 Å². The van der Waals surface area contributed by atoms with Crippen molar-refractivity contribution in [2.45, 2.75) is 65.7 Å². The van der Waals surface area contributed by atoms with Gasteiger partial charge in [-0.1, -0.05) is 26.3 Å². The first-order valence-corrected chi connectivity index (χ1v) is 10.1. The summed E-state index contributed by atoms with van der Waals surface area (Å²) >= 11 is 0. The minimum atomic E-state index is -0.807. The van der Waals surface area contributed by atoms with Gasteiger partial charge in [0, 0.05) is 12.3 Å². The largest absolute Gasteiger partial charge is 0.296 e. The van der Waals surface area contributed by atoms with Gasteiger partial charge in [-0.2, -0.15) is 0 Å². The van der Waals surface area contributed by atoms with Crippen molar-refractivity contribution in [2.75, 3.05) is 6.67 Å². The van der Waals surface area contributed by atoms with Gasteiger partial charge in [0.1, 0.15) is 6.67 Å². The summed E-state index contributed by atoms with van der Waals surface area (Å²) in [7, 11) is 0. The van der Waals surface area contributed by atoms with Crippen LogP contribution in [-0.4, -0.2) is 18.2 Å². The van der Waals surface area contributed by atoms with E-state index < -0.39 is 6.67 Å². The van der Waals surface area contributed by atoms with E-state index in [9.17, 15) is 14.0 Å². The number of halogens is 1. The Labute approximate surface area is 150 Å². The molecule has 4 aliphatic carbocycles. The molecule has 4 aliphatic rings. The molecule has 4 unspecified atom stereocenters. The highest BCUT2D eigenvalue weighted by molar-refractivity contribution is 5.91. The van der Waals surface area contributed by atoms with Crippen LogP contribution in [0, 0.1) is 40.4 Å².